The highest BCUT2D eigenvalue weighted by atomic mass is 32.1. The van der Waals surface area contributed by atoms with Crippen molar-refractivity contribution < 1.29 is 13.2 Å². The molecule has 0 unspecified atom stereocenters. The van der Waals surface area contributed by atoms with Crippen molar-refractivity contribution in [1.29, 1.82) is 0 Å². The summed E-state index contributed by atoms with van der Waals surface area (Å²) in [4.78, 5) is 8.08. The summed E-state index contributed by atoms with van der Waals surface area (Å²) in [5.74, 6) is 0. The molecule has 0 saturated heterocycles. The van der Waals surface area contributed by atoms with Gasteiger partial charge in [-0.15, -0.1) is 10.2 Å². The lowest BCUT2D eigenvalue weighted by molar-refractivity contribution is -0.138. The van der Waals surface area contributed by atoms with Crippen LogP contribution in [0.3, 0.4) is 0 Å². The standard InChI is InChI=1S/C9H8F3N5S/c1-5-2-14-6(3-13-5)4-15-8-17-16-7(18-8)9(10,11)12/h2-3H,4H2,1H3,(H,15,17). The van der Waals surface area contributed by atoms with Crippen molar-refractivity contribution in [2.75, 3.05) is 5.32 Å². The van der Waals surface area contributed by atoms with Crippen LogP contribution in [0.2, 0.25) is 0 Å². The maximum absolute atomic E-state index is 12.3. The monoisotopic (exact) mass is 275 g/mol. The van der Waals surface area contributed by atoms with Crippen LogP contribution in [-0.4, -0.2) is 20.2 Å². The van der Waals surface area contributed by atoms with Crippen molar-refractivity contribution in [2.45, 2.75) is 19.6 Å². The second-order valence-electron chi connectivity index (χ2n) is 3.41. The van der Waals surface area contributed by atoms with E-state index in [0.717, 1.165) is 5.69 Å². The zero-order valence-electron chi connectivity index (χ0n) is 9.19. The Morgan fingerprint density at radius 1 is 1.22 bits per heavy atom. The van der Waals surface area contributed by atoms with Crippen LogP contribution in [-0.2, 0) is 12.7 Å². The summed E-state index contributed by atoms with van der Waals surface area (Å²) in [7, 11) is 0. The van der Waals surface area contributed by atoms with E-state index in [0.29, 0.717) is 17.0 Å². The maximum Gasteiger partial charge on any atom is 0.445 e. The second-order valence-corrected chi connectivity index (χ2v) is 4.39. The van der Waals surface area contributed by atoms with Gasteiger partial charge in [-0.2, -0.15) is 13.2 Å². The van der Waals surface area contributed by atoms with Gasteiger partial charge in [0, 0.05) is 6.20 Å². The van der Waals surface area contributed by atoms with E-state index in [2.05, 4.69) is 25.5 Å². The Hall–Kier alpha value is -1.77. The molecule has 2 heterocycles. The maximum atomic E-state index is 12.3. The lowest BCUT2D eigenvalue weighted by atomic mass is 10.4. The minimum Gasteiger partial charge on any atom is -0.354 e. The van der Waals surface area contributed by atoms with Gasteiger partial charge in [0.05, 0.1) is 24.1 Å². The number of hydrogen-bond donors (Lipinski definition) is 1. The molecular weight excluding hydrogens is 267 g/mol. The third kappa shape index (κ3) is 3.13. The molecule has 0 aromatic carbocycles. The number of rotatable bonds is 3. The molecule has 2 aromatic rings. The van der Waals surface area contributed by atoms with Gasteiger partial charge in [0.2, 0.25) is 10.1 Å². The minimum absolute atomic E-state index is 0.102. The second kappa shape index (κ2) is 4.84. The predicted octanol–water partition coefficient (Wildman–Crippen LogP) is 2.27. The van der Waals surface area contributed by atoms with E-state index in [1.54, 1.807) is 19.3 Å². The molecule has 0 amide bonds. The van der Waals surface area contributed by atoms with Crippen LogP contribution in [0.1, 0.15) is 16.4 Å². The number of alkyl halides is 3. The van der Waals surface area contributed by atoms with Crippen LogP contribution in [0.15, 0.2) is 12.4 Å². The van der Waals surface area contributed by atoms with Gasteiger partial charge in [-0.05, 0) is 6.92 Å². The summed E-state index contributed by atoms with van der Waals surface area (Å²) in [6.45, 7) is 2.05. The SMILES string of the molecule is Cc1cnc(CNc2nnc(C(F)(F)F)s2)cn1. The summed E-state index contributed by atoms with van der Waals surface area (Å²) in [6, 6.07) is 0. The highest BCUT2D eigenvalue weighted by molar-refractivity contribution is 7.15. The molecule has 0 bridgehead atoms. The molecule has 0 radical (unpaired) electrons. The van der Waals surface area contributed by atoms with E-state index < -0.39 is 11.2 Å². The zero-order valence-corrected chi connectivity index (χ0v) is 10.0. The number of aromatic nitrogens is 4. The van der Waals surface area contributed by atoms with Gasteiger partial charge in [-0.25, -0.2) is 0 Å². The van der Waals surface area contributed by atoms with Gasteiger partial charge in [0.15, 0.2) is 0 Å². The van der Waals surface area contributed by atoms with Crippen LogP contribution < -0.4 is 5.32 Å². The largest absolute Gasteiger partial charge is 0.445 e. The molecule has 0 aliphatic carbocycles. The van der Waals surface area contributed by atoms with Crippen molar-refractivity contribution in [3.05, 3.63) is 28.8 Å². The normalized spacial score (nSPS) is 11.6. The third-order valence-corrected chi connectivity index (χ3v) is 2.85. The van der Waals surface area contributed by atoms with Gasteiger partial charge in [0.25, 0.3) is 0 Å². The van der Waals surface area contributed by atoms with Gasteiger partial charge in [-0.1, -0.05) is 11.3 Å². The topological polar surface area (TPSA) is 63.6 Å². The smallest absolute Gasteiger partial charge is 0.354 e. The van der Waals surface area contributed by atoms with Crippen LogP contribution >= 0.6 is 11.3 Å². The Bertz CT molecular complexity index is 522. The van der Waals surface area contributed by atoms with Crippen molar-refractivity contribution in [3.63, 3.8) is 0 Å². The average Bonchev–Trinajstić information content (AvgIpc) is 2.77. The van der Waals surface area contributed by atoms with Crippen LogP contribution in [0, 0.1) is 6.92 Å². The molecular formula is C9H8F3N5S. The molecule has 0 atom stereocenters. The van der Waals surface area contributed by atoms with E-state index in [-0.39, 0.29) is 11.7 Å². The molecule has 0 spiro atoms. The Kier molecular flexibility index (Phi) is 3.41. The molecule has 5 nitrogen and oxygen atoms in total. The highest BCUT2D eigenvalue weighted by Crippen LogP contribution is 2.32. The number of aryl methyl sites for hydroxylation is 1. The van der Waals surface area contributed by atoms with E-state index in [1.807, 2.05) is 0 Å². The lowest BCUT2D eigenvalue weighted by Gasteiger charge is -2.01. The Morgan fingerprint density at radius 3 is 2.56 bits per heavy atom. The molecule has 0 fully saturated rings. The van der Waals surface area contributed by atoms with Crippen LogP contribution in [0.25, 0.3) is 0 Å². The first-order chi connectivity index (χ1) is 8.45. The summed E-state index contributed by atoms with van der Waals surface area (Å²) in [5.41, 5.74) is 1.39. The van der Waals surface area contributed by atoms with E-state index in [9.17, 15) is 13.2 Å². The summed E-state index contributed by atoms with van der Waals surface area (Å²) in [6.07, 6.45) is -1.33. The molecule has 0 saturated carbocycles. The molecule has 2 rings (SSSR count). The van der Waals surface area contributed by atoms with Crippen LogP contribution in [0.4, 0.5) is 18.3 Å². The molecule has 9 heteroatoms. The zero-order chi connectivity index (χ0) is 13.2. The number of hydrogen-bond acceptors (Lipinski definition) is 6. The first-order valence-electron chi connectivity index (χ1n) is 4.87. The number of nitrogens with one attached hydrogen (secondary N) is 1. The lowest BCUT2D eigenvalue weighted by Crippen LogP contribution is -2.03. The predicted molar refractivity (Wildman–Crippen MR) is 59.0 cm³/mol. The summed E-state index contributed by atoms with van der Waals surface area (Å²) < 4.78 is 36.8. The number of halogens is 3. The number of anilines is 1. The first kappa shape index (κ1) is 12.7. The summed E-state index contributed by atoms with van der Waals surface area (Å²) in [5, 5.41) is 8.31. The van der Waals surface area contributed by atoms with E-state index in [4.69, 9.17) is 0 Å². The summed E-state index contributed by atoms with van der Waals surface area (Å²) >= 11 is 0.456. The fraction of sp³-hybridized carbons (Fsp3) is 0.333. The Morgan fingerprint density at radius 2 is 2.00 bits per heavy atom. The first-order valence-corrected chi connectivity index (χ1v) is 5.69. The molecule has 0 aliphatic heterocycles. The van der Waals surface area contributed by atoms with Gasteiger partial charge < -0.3 is 5.32 Å². The van der Waals surface area contributed by atoms with Crippen molar-refractivity contribution in [3.8, 4) is 0 Å². The molecule has 0 aliphatic rings. The van der Waals surface area contributed by atoms with Crippen molar-refractivity contribution >= 4 is 16.5 Å². The third-order valence-electron chi connectivity index (χ3n) is 1.92. The number of nitrogens with zero attached hydrogens (tertiary/aromatic N) is 4. The van der Waals surface area contributed by atoms with Gasteiger partial charge in [0.1, 0.15) is 0 Å². The highest BCUT2D eigenvalue weighted by Gasteiger charge is 2.35. The quantitative estimate of drug-likeness (QED) is 0.931. The molecule has 18 heavy (non-hydrogen) atoms. The molecule has 1 N–H and O–H groups in total. The fourth-order valence-electron chi connectivity index (χ4n) is 1.09. The van der Waals surface area contributed by atoms with Crippen molar-refractivity contribution in [2.24, 2.45) is 0 Å². The van der Waals surface area contributed by atoms with E-state index >= 15 is 0 Å². The Labute approximate surface area is 104 Å². The van der Waals surface area contributed by atoms with E-state index in [1.165, 1.54) is 0 Å². The van der Waals surface area contributed by atoms with Gasteiger partial charge >= 0.3 is 6.18 Å². The minimum atomic E-state index is -4.46. The van der Waals surface area contributed by atoms with Gasteiger partial charge in [-0.3, -0.25) is 9.97 Å². The molecule has 2 aromatic heterocycles. The molecule has 96 valence electrons. The Balaban J connectivity index is 1.98. The average molecular weight is 275 g/mol. The van der Waals surface area contributed by atoms with Crippen LogP contribution in [0.5, 0.6) is 0 Å². The van der Waals surface area contributed by atoms with Crippen molar-refractivity contribution in [1.82, 2.24) is 20.2 Å². The fourth-order valence-corrected chi connectivity index (χ4v) is 1.69.